The van der Waals surface area contributed by atoms with Crippen molar-refractivity contribution in [3.05, 3.63) is 77.2 Å². The van der Waals surface area contributed by atoms with E-state index in [-0.39, 0.29) is 18.3 Å². The summed E-state index contributed by atoms with van der Waals surface area (Å²) in [5.41, 5.74) is 2.46. The molecule has 0 saturated carbocycles. The molecular formula is C20H19FN2O2. The zero-order valence-electron chi connectivity index (χ0n) is 13.9. The molecule has 1 amide bonds. The number of fused-ring (bicyclic) bond motifs is 1. The summed E-state index contributed by atoms with van der Waals surface area (Å²) in [4.78, 5) is 16.7. The number of aryl methyl sites for hydroxylation is 1. The van der Waals surface area contributed by atoms with Crippen molar-refractivity contribution in [3.8, 4) is 0 Å². The lowest BCUT2D eigenvalue weighted by Crippen LogP contribution is -2.33. The first kappa shape index (κ1) is 17.0. The van der Waals surface area contributed by atoms with Crippen LogP contribution in [-0.4, -0.2) is 28.6 Å². The minimum atomic E-state index is -0.672. The molecule has 0 aliphatic heterocycles. The maximum Gasteiger partial charge on any atom is 0.253 e. The molecule has 3 rings (SSSR count). The molecule has 1 aromatic heterocycles. The van der Waals surface area contributed by atoms with E-state index in [0.717, 1.165) is 5.56 Å². The molecule has 4 nitrogen and oxygen atoms in total. The van der Waals surface area contributed by atoms with E-state index in [0.29, 0.717) is 28.6 Å². The Morgan fingerprint density at radius 1 is 1.20 bits per heavy atom. The van der Waals surface area contributed by atoms with Crippen LogP contribution in [0.1, 0.15) is 21.6 Å². The fourth-order valence-corrected chi connectivity index (χ4v) is 2.73. The highest BCUT2D eigenvalue weighted by molar-refractivity contribution is 5.98. The van der Waals surface area contributed by atoms with Crippen molar-refractivity contribution in [2.75, 3.05) is 6.54 Å². The average Bonchev–Trinajstić information content (AvgIpc) is 2.60. The van der Waals surface area contributed by atoms with Gasteiger partial charge in [0.15, 0.2) is 0 Å². The second-order valence-electron chi connectivity index (χ2n) is 6.01. The SMILES string of the molecule is Cc1nc2cc(F)ccc2cc1C(=O)NCC(O)Cc1ccccc1. The summed E-state index contributed by atoms with van der Waals surface area (Å²) in [6.45, 7) is 1.86. The van der Waals surface area contributed by atoms with Crippen LogP contribution in [0.2, 0.25) is 0 Å². The highest BCUT2D eigenvalue weighted by Crippen LogP contribution is 2.17. The van der Waals surface area contributed by atoms with Gasteiger partial charge in [0.05, 0.1) is 22.9 Å². The summed E-state index contributed by atoms with van der Waals surface area (Å²) in [5, 5.41) is 13.5. The number of amides is 1. The first-order valence-corrected chi connectivity index (χ1v) is 8.10. The molecular weight excluding hydrogens is 319 g/mol. The minimum absolute atomic E-state index is 0.147. The molecule has 128 valence electrons. The molecule has 25 heavy (non-hydrogen) atoms. The zero-order valence-corrected chi connectivity index (χ0v) is 13.9. The molecule has 1 atom stereocenters. The molecule has 0 fully saturated rings. The van der Waals surface area contributed by atoms with E-state index in [4.69, 9.17) is 0 Å². The van der Waals surface area contributed by atoms with Gasteiger partial charge in [0.25, 0.3) is 5.91 Å². The number of aliphatic hydroxyl groups excluding tert-OH is 1. The quantitative estimate of drug-likeness (QED) is 0.752. The van der Waals surface area contributed by atoms with Crippen molar-refractivity contribution >= 4 is 16.8 Å². The van der Waals surface area contributed by atoms with Gasteiger partial charge in [0.1, 0.15) is 5.82 Å². The van der Waals surface area contributed by atoms with Crippen molar-refractivity contribution < 1.29 is 14.3 Å². The zero-order chi connectivity index (χ0) is 17.8. The van der Waals surface area contributed by atoms with Gasteiger partial charge in [-0.05, 0) is 30.7 Å². The van der Waals surface area contributed by atoms with Gasteiger partial charge >= 0.3 is 0 Å². The number of aromatic nitrogens is 1. The van der Waals surface area contributed by atoms with Gasteiger partial charge in [-0.15, -0.1) is 0 Å². The first-order valence-electron chi connectivity index (χ1n) is 8.10. The van der Waals surface area contributed by atoms with Gasteiger partial charge < -0.3 is 10.4 Å². The van der Waals surface area contributed by atoms with Gasteiger partial charge in [0, 0.05) is 24.4 Å². The number of carbonyl (C=O) groups is 1. The van der Waals surface area contributed by atoms with Gasteiger partial charge in [0.2, 0.25) is 0 Å². The van der Waals surface area contributed by atoms with Crippen molar-refractivity contribution in [3.63, 3.8) is 0 Å². The van der Waals surface area contributed by atoms with Crippen molar-refractivity contribution in [2.24, 2.45) is 0 Å². The monoisotopic (exact) mass is 338 g/mol. The number of hydrogen-bond acceptors (Lipinski definition) is 3. The number of carbonyl (C=O) groups excluding carboxylic acids is 1. The molecule has 2 N–H and O–H groups in total. The van der Waals surface area contributed by atoms with E-state index in [1.165, 1.54) is 12.1 Å². The van der Waals surface area contributed by atoms with E-state index in [1.54, 1.807) is 19.1 Å². The number of rotatable bonds is 5. The summed E-state index contributed by atoms with van der Waals surface area (Å²) in [6.07, 6.45) is -0.204. The smallest absolute Gasteiger partial charge is 0.253 e. The largest absolute Gasteiger partial charge is 0.391 e. The maximum absolute atomic E-state index is 13.3. The molecule has 0 saturated heterocycles. The fraction of sp³-hybridized carbons (Fsp3) is 0.200. The molecule has 1 heterocycles. The van der Waals surface area contributed by atoms with Crippen LogP contribution in [-0.2, 0) is 6.42 Å². The molecule has 0 aliphatic carbocycles. The van der Waals surface area contributed by atoms with Crippen molar-refractivity contribution in [1.29, 1.82) is 0 Å². The van der Waals surface area contributed by atoms with E-state index in [2.05, 4.69) is 10.3 Å². The number of halogens is 1. The number of hydrogen-bond donors (Lipinski definition) is 2. The Hall–Kier alpha value is -2.79. The number of nitrogens with one attached hydrogen (secondary N) is 1. The molecule has 0 radical (unpaired) electrons. The van der Waals surface area contributed by atoms with Gasteiger partial charge in [-0.25, -0.2) is 4.39 Å². The van der Waals surface area contributed by atoms with Gasteiger partial charge in [-0.2, -0.15) is 0 Å². The molecule has 0 spiro atoms. The predicted molar refractivity (Wildman–Crippen MR) is 94.9 cm³/mol. The van der Waals surface area contributed by atoms with Gasteiger partial charge in [-0.3, -0.25) is 9.78 Å². The molecule has 5 heteroatoms. The number of benzene rings is 2. The summed E-state index contributed by atoms with van der Waals surface area (Å²) >= 11 is 0. The maximum atomic E-state index is 13.3. The Labute approximate surface area is 145 Å². The Morgan fingerprint density at radius 3 is 2.72 bits per heavy atom. The third-order valence-corrected chi connectivity index (χ3v) is 4.03. The van der Waals surface area contributed by atoms with Crippen LogP contribution in [0.3, 0.4) is 0 Å². The Bertz CT molecular complexity index is 897. The topological polar surface area (TPSA) is 62.2 Å². The van der Waals surface area contributed by atoms with Gasteiger partial charge in [-0.1, -0.05) is 30.3 Å². The van der Waals surface area contributed by atoms with Crippen LogP contribution in [0.4, 0.5) is 4.39 Å². The summed E-state index contributed by atoms with van der Waals surface area (Å²) < 4.78 is 13.3. The fourth-order valence-electron chi connectivity index (χ4n) is 2.73. The standard InChI is InChI=1S/C20H19FN2O2/c1-13-18(10-15-7-8-16(21)11-19(15)23-13)20(25)22-12-17(24)9-14-5-3-2-4-6-14/h2-8,10-11,17,24H,9,12H2,1H3,(H,22,25). The average molecular weight is 338 g/mol. The second-order valence-corrected chi connectivity index (χ2v) is 6.01. The Morgan fingerprint density at radius 2 is 1.96 bits per heavy atom. The van der Waals surface area contributed by atoms with Crippen LogP contribution in [0.15, 0.2) is 54.6 Å². The lowest BCUT2D eigenvalue weighted by molar-refractivity contribution is 0.0915. The second kappa shape index (κ2) is 7.40. The molecule has 3 aromatic rings. The highest BCUT2D eigenvalue weighted by Gasteiger charge is 2.14. The summed E-state index contributed by atoms with van der Waals surface area (Å²) in [6, 6.07) is 15.6. The number of nitrogens with zero attached hydrogens (tertiary/aromatic N) is 1. The van der Waals surface area contributed by atoms with Crippen LogP contribution in [0, 0.1) is 12.7 Å². The summed E-state index contributed by atoms with van der Waals surface area (Å²) in [7, 11) is 0. The molecule has 1 unspecified atom stereocenters. The number of aliphatic hydroxyl groups is 1. The van der Waals surface area contributed by atoms with Crippen molar-refractivity contribution in [1.82, 2.24) is 10.3 Å². The highest BCUT2D eigenvalue weighted by atomic mass is 19.1. The van der Waals surface area contributed by atoms with Crippen LogP contribution in [0.5, 0.6) is 0 Å². The third kappa shape index (κ3) is 4.19. The van der Waals surface area contributed by atoms with Crippen LogP contribution < -0.4 is 5.32 Å². The Balaban J connectivity index is 1.67. The lowest BCUT2D eigenvalue weighted by Gasteiger charge is -2.13. The predicted octanol–water partition coefficient (Wildman–Crippen LogP) is 3.02. The van der Waals surface area contributed by atoms with E-state index in [9.17, 15) is 14.3 Å². The van der Waals surface area contributed by atoms with Crippen LogP contribution in [0.25, 0.3) is 10.9 Å². The van der Waals surface area contributed by atoms with E-state index >= 15 is 0 Å². The van der Waals surface area contributed by atoms with Crippen LogP contribution >= 0.6 is 0 Å². The summed E-state index contributed by atoms with van der Waals surface area (Å²) in [5.74, 6) is -0.663. The first-order chi connectivity index (χ1) is 12.0. The molecule has 2 aromatic carbocycles. The molecule has 0 aliphatic rings. The lowest BCUT2D eigenvalue weighted by atomic mass is 10.1. The van der Waals surface area contributed by atoms with Crippen molar-refractivity contribution in [2.45, 2.75) is 19.4 Å². The third-order valence-electron chi connectivity index (χ3n) is 4.03. The number of pyridine rings is 1. The molecule has 0 bridgehead atoms. The van der Waals surface area contributed by atoms with E-state index in [1.807, 2.05) is 30.3 Å². The Kier molecular flexibility index (Phi) is 5.05. The van der Waals surface area contributed by atoms with E-state index < -0.39 is 6.10 Å². The normalized spacial score (nSPS) is 12.1. The minimum Gasteiger partial charge on any atom is -0.391 e.